The Morgan fingerprint density at radius 1 is 1.21 bits per heavy atom. The number of hydrogen-bond acceptors (Lipinski definition) is 3. The lowest BCUT2D eigenvalue weighted by molar-refractivity contribution is -0.136. The quantitative estimate of drug-likeness (QED) is 0.796. The van der Waals surface area contributed by atoms with Gasteiger partial charge in [0.2, 0.25) is 0 Å². The van der Waals surface area contributed by atoms with Gasteiger partial charge in [0.25, 0.3) is 0 Å². The van der Waals surface area contributed by atoms with Crippen molar-refractivity contribution in [1.82, 2.24) is 9.78 Å². The van der Waals surface area contributed by atoms with Crippen molar-refractivity contribution in [3.05, 3.63) is 41.7 Å². The summed E-state index contributed by atoms with van der Waals surface area (Å²) in [5.41, 5.74) is -0.807. The lowest BCUT2D eigenvalue weighted by Gasteiger charge is -2.14. The number of alkyl halides is 3. The summed E-state index contributed by atoms with van der Waals surface area (Å²) in [4.78, 5) is 0. The van der Waals surface area contributed by atoms with E-state index in [4.69, 9.17) is 10.0 Å². The van der Waals surface area contributed by atoms with Gasteiger partial charge in [0.15, 0.2) is 0 Å². The minimum absolute atomic E-state index is 0.199. The molecule has 0 amide bonds. The van der Waals surface area contributed by atoms with Crippen LogP contribution in [0.4, 0.5) is 13.2 Å². The molecule has 0 atom stereocenters. The van der Waals surface area contributed by atoms with Crippen LogP contribution in [0.15, 0.2) is 30.5 Å². The molecular formula is C11H10BF3N2O2. The topological polar surface area (TPSA) is 58.3 Å². The van der Waals surface area contributed by atoms with E-state index in [2.05, 4.69) is 5.10 Å². The summed E-state index contributed by atoms with van der Waals surface area (Å²) in [5, 5.41) is 21.9. The lowest BCUT2D eigenvalue weighted by atomic mass is 9.76. The number of aryl methyl sites for hydroxylation is 1. The molecule has 4 nitrogen and oxygen atoms in total. The molecule has 8 heteroatoms. The zero-order valence-corrected chi connectivity index (χ0v) is 9.89. The van der Waals surface area contributed by atoms with Crippen LogP contribution in [-0.2, 0) is 6.18 Å². The summed E-state index contributed by atoms with van der Waals surface area (Å²) in [5.74, 6) is 0. The molecule has 0 aliphatic heterocycles. The third-order valence-electron chi connectivity index (χ3n) is 2.61. The van der Waals surface area contributed by atoms with E-state index in [1.807, 2.05) is 0 Å². The highest BCUT2D eigenvalue weighted by atomic mass is 19.4. The molecular weight excluding hydrogens is 260 g/mol. The van der Waals surface area contributed by atoms with Crippen LogP contribution >= 0.6 is 0 Å². The van der Waals surface area contributed by atoms with Crippen LogP contribution in [0.5, 0.6) is 0 Å². The van der Waals surface area contributed by atoms with E-state index in [-0.39, 0.29) is 5.69 Å². The highest BCUT2D eigenvalue weighted by Gasteiger charge is 2.36. The number of aromatic nitrogens is 2. The average Bonchev–Trinajstić information content (AvgIpc) is 2.74. The zero-order valence-electron chi connectivity index (χ0n) is 9.89. The van der Waals surface area contributed by atoms with Gasteiger partial charge in [-0.25, -0.2) is 4.68 Å². The molecule has 0 spiro atoms. The van der Waals surface area contributed by atoms with E-state index in [1.165, 1.54) is 16.9 Å². The third-order valence-corrected chi connectivity index (χ3v) is 2.61. The molecule has 100 valence electrons. The van der Waals surface area contributed by atoms with Crippen LogP contribution in [0.25, 0.3) is 5.69 Å². The van der Waals surface area contributed by atoms with Crippen molar-refractivity contribution in [1.29, 1.82) is 0 Å². The van der Waals surface area contributed by atoms with Crippen molar-refractivity contribution in [2.24, 2.45) is 0 Å². The summed E-state index contributed by atoms with van der Waals surface area (Å²) < 4.78 is 39.9. The maximum atomic E-state index is 12.9. The maximum Gasteiger partial charge on any atom is 0.489 e. The Labute approximate surface area is 107 Å². The molecule has 2 rings (SSSR count). The zero-order chi connectivity index (χ0) is 14.2. The second kappa shape index (κ2) is 4.71. The van der Waals surface area contributed by atoms with Gasteiger partial charge in [0.1, 0.15) is 0 Å². The van der Waals surface area contributed by atoms with E-state index in [0.29, 0.717) is 5.69 Å². The van der Waals surface area contributed by atoms with E-state index in [0.717, 1.165) is 12.1 Å². The molecule has 19 heavy (non-hydrogen) atoms. The second-order valence-electron chi connectivity index (χ2n) is 4.04. The van der Waals surface area contributed by atoms with Gasteiger partial charge in [-0.1, -0.05) is 6.07 Å². The first-order valence-corrected chi connectivity index (χ1v) is 5.39. The van der Waals surface area contributed by atoms with Crippen LogP contribution in [0.1, 0.15) is 11.3 Å². The SMILES string of the molecule is Cc1ccn(-c2ccc(B(O)O)c(C(F)(F)F)c2)n1. The van der Waals surface area contributed by atoms with Crippen molar-refractivity contribution in [3.63, 3.8) is 0 Å². The Kier molecular flexibility index (Phi) is 3.38. The van der Waals surface area contributed by atoms with Crippen LogP contribution in [0.3, 0.4) is 0 Å². The van der Waals surface area contributed by atoms with Crippen LogP contribution in [-0.4, -0.2) is 26.9 Å². The van der Waals surface area contributed by atoms with E-state index in [9.17, 15) is 13.2 Å². The highest BCUT2D eigenvalue weighted by Crippen LogP contribution is 2.29. The van der Waals surface area contributed by atoms with Gasteiger partial charge >= 0.3 is 13.3 Å². The smallest absolute Gasteiger partial charge is 0.423 e. The van der Waals surface area contributed by atoms with Crippen LogP contribution in [0.2, 0.25) is 0 Å². The fraction of sp³-hybridized carbons (Fsp3) is 0.182. The number of nitrogens with zero attached hydrogens (tertiary/aromatic N) is 2. The fourth-order valence-electron chi connectivity index (χ4n) is 1.72. The predicted octanol–water partition coefficient (Wildman–Crippen LogP) is 0.879. The van der Waals surface area contributed by atoms with E-state index < -0.39 is 24.3 Å². The summed E-state index contributed by atoms with van der Waals surface area (Å²) in [7, 11) is -2.18. The number of hydrogen-bond donors (Lipinski definition) is 2. The molecule has 0 saturated carbocycles. The van der Waals surface area contributed by atoms with Gasteiger partial charge < -0.3 is 10.0 Å². The molecule has 1 aromatic heterocycles. The van der Waals surface area contributed by atoms with Gasteiger partial charge in [-0.05, 0) is 30.6 Å². The summed E-state index contributed by atoms with van der Waals surface area (Å²) in [6.45, 7) is 1.72. The average molecular weight is 270 g/mol. The van der Waals surface area contributed by atoms with Crippen molar-refractivity contribution < 1.29 is 23.2 Å². The molecule has 1 aromatic carbocycles. The monoisotopic (exact) mass is 270 g/mol. The molecule has 0 radical (unpaired) electrons. The van der Waals surface area contributed by atoms with Gasteiger partial charge in [0.05, 0.1) is 16.9 Å². The molecule has 0 aliphatic rings. The summed E-state index contributed by atoms with van der Waals surface area (Å²) in [6, 6.07) is 4.86. The van der Waals surface area contributed by atoms with Gasteiger partial charge in [-0.3, -0.25) is 0 Å². The largest absolute Gasteiger partial charge is 0.489 e. The number of rotatable bonds is 2. The van der Waals surface area contributed by atoms with E-state index >= 15 is 0 Å². The Hall–Kier alpha value is -1.80. The van der Waals surface area contributed by atoms with Gasteiger partial charge in [0, 0.05) is 6.20 Å². The van der Waals surface area contributed by atoms with Crippen molar-refractivity contribution >= 4 is 12.6 Å². The van der Waals surface area contributed by atoms with Crippen molar-refractivity contribution in [2.45, 2.75) is 13.1 Å². The Balaban J connectivity index is 2.56. The van der Waals surface area contributed by atoms with Crippen LogP contribution < -0.4 is 5.46 Å². The molecule has 2 aromatic rings. The minimum atomic E-state index is -4.67. The van der Waals surface area contributed by atoms with Gasteiger partial charge in [-0.2, -0.15) is 18.3 Å². The normalized spacial score (nSPS) is 11.7. The maximum absolute atomic E-state index is 12.9. The molecule has 0 aliphatic carbocycles. The highest BCUT2D eigenvalue weighted by molar-refractivity contribution is 6.59. The van der Waals surface area contributed by atoms with Crippen LogP contribution in [0, 0.1) is 6.92 Å². The molecule has 0 saturated heterocycles. The summed E-state index contributed by atoms with van der Waals surface area (Å²) in [6.07, 6.45) is -3.14. The first-order chi connectivity index (χ1) is 8.79. The second-order valence-corrected chi connectivity index (χ2v) is 4.04. The molecule has 1 heterocycles. The first-order valence-electron chi connectivity index (χ1n) is 5.39. The minimum Gasteiger partial charge on any atom is -0.423 e. The predicted molar refractivity (Wildman–Crippen MR) is 63.1 cm³/mol. The number of benzene rings is 1. The molecule has 0 unspecified atom stereocenters. The Bertz CT molecular complexity index is 596. The Morgan fingerprint density at radius 2 is 1.89 bits per heavy atom. The Morgan fingerprint density at radius 3 is 2.37 bits per heavy atom. The summed E-state index contributed by atoms with van der Waals surface area (Å²) >= 11 is 0. The first kappa shape index (κ1) is 13.6. The lowest BCUT2D eigenvalue weighted by Crippen LogP contribution is -2.36. The van der Waals surface area contributed by atoms with Crippen molar-refractivity contribution in [2.75, 3.05) is 0 Å². The standard InChI is InChI=1S/C11H10BF3N2O2/c1-7-4-5-17(16-7)8-2-3-10(12(18)19)9(6-8)11(13,14)15/h2-6,18-19H,1H3. The van der Waals surface area contributed by atoms with E-state index in [1.54, 1.807) is 13.0 Å². The van der Waals surface area contributed by atoms with Gasteiger partial charge in [-0.15, -0.1) is 0 Å². The fourth-order valence-corrected chi connectivity index (χ4v) is 1.72. The molecule has 0 bridgehead atoms. The third kappa shape index (κ3) is 2.79. The molecule has 0 fully saturated rings. The van der Waals surface area contributed by atoms with Crippen molar-refractivity contribution in [3.8, 4) is 5.69 Å². The number of halogens is 3. The molecule has 2 N–H and O–H groups in total.